The third-order valence-corrected chi connectivity index (χ3v) is 3.87. The van der Waals surface area contributed by atoms with E-state index in [-0.39, 0.29) is 11.5 Å². The van der Waals surface area contributed by atoms with Gasteiger partial charge in [-0.1, -0.05) is 26.0 Å². The third kappa shape index (κ3) is 5.47. The van der Waals surface area contributed by atoms with Gasteiger partial charge in [0.05, 0.1) is 25.4 Å². The van der Waals surface area contributed by atoms with Crippen LogP contribution in [0.3, 0.4) is 0 Å². The second kappa shape index (κ2) is 9.40. The van der Waals surface area contributed by atoms with E-state index in [2.05, 4.69) is 10.6 Å². The predicted octanol–water partition coefficient (Wildman–Crippen LogP) is 0.950. The quantitative estimate of drug-likeness (QED) is 0.653. The monoisotopic (exact) mass is 385 g/mol. The van der Waals surface area contributed by atoms with Gasteiger partial charge in [0.15, 0.2) is 5.76 Å². The van der Waals surface area contributed by atoms with Gasteiger partial charge in [0.1, 0.15) is 11.4 Å². The maximum Gasteiger partial charge on any atom is 0.291 e. The Kier molecular flexibility index (Phi) is 6.97. The molecule has 0 bridgehead atoms. The van der Waals surface area contributed by atoms with Gasteiger partial charge in [0.2, 0.25) is 0 Å². The molecule has 0 fully saturated rings. The topological polar surface area (TPSA) is 121 Å². The third-order valence-electron chi connectivity index (χ3n) is 3.87. The van der Waals surface area contributed by atoms with Crippen LogP contribution in [0.2, 0.25) is 0 Å². The second-order valence-electron chi connectivity index (χ2n) is 6.28. The lowest BCUT2D eigenvalue weighted by Gasteiger charge is -2.24. The largest absolute Gasteiger partial charge is 0.548 e. The van der Waals surface area contributed by atoms with Crippen molar-refractivity contribution >= 4 is 23.9 Å². The highest BCUT2D eigenvalue weighted by molar-refractivity contribution is 6.05. The smallest absolute Gasteiger partial charge is 0.291 e. The highest BCUT2D eigenvalue weighted by Gasteiger charge is 2.22. The Morgan fingerprint density at radius 2 is 1.82 bits per heavy atom. The summed E-state index contributed by atoms with van der Waals surface area (Å²) in [6.45, 7) is 3.27. The molecule has 2 N–H and O–H groups in total. The van der Waals surface area contributed by atoms with Crippen molar-refractivity contribution in [3.8, 4) is 5.75 Å². The number of aliphatic carboxylic acids is 1. The number of carboxylic acid groups (broad SMARTS) is 1. The molecule has 1 atom stereocenters. The van der Waals surface area contributed by atoms with Crippen molar-refractivity contribution in [1.29, 1.82) is 0 Å². The molecule has 0 unspecified atom stereocenters. The Labute approximate surface area is 162 Å². The van der Waals surface area contributed by atoms with Crippen molar-refractivity contribution in [2.75, 3.05) is 7.11 Å². The number of nitrogens with one attached hydrogen (secondary N) is 2. The van der Waals surface area contributed by atoms with Gasteiger partial charge in [-0.05, 0) is 41.8 Å². The van der Waals surface area contributed by atoms with Gasteiger partial charge in [0, 0.05) is 0 Å². The fraction of sp³-hybridized carbons (Fsp3) is 0.250. The Hall–Kier alpha value is -3.55. The van der Waals surface area contributed by atoms with Gasteiger partial charge in [-0.15, -0.1) is 0 Å². The number of hydrogen-bond acceptors (Lipinski definition) is 6. The van der Waals surface area contributed by atoms with Crippen LogP contribution < -0.4 is 20.5 Å². The number of amides is 2. The highest BCUT2D eigenvalue weighted by atomic mass is 16.5. The summed E-state index contributed by atoms with van der Waals surface area (Å²) in [7, 11) is 1.53. The molecule has 0 aliphatic heterocycles. The van der Waals surface area contributed by atoms with Crippen molar-refractivity contribution in [3.63, 3.8) is 0 Å². The molecular formula is C20H21N2O6-. The van der Waals surface area contributed by atoms with Gasteiger partial charge in [-0.25, -0.2) is 0 Å². The molecule has 28 heavy (non-hydrogen) atoms. The van der Waals surface area contributed by atoms with Gasteiger partial charge < -0.3 is 29.7 Å². The first kappa shape index (κ1) is 20.8. The number of carboxylic acids is 1. The lowest BCUT2D eigenvalue weighted by atomic mass is 10.0. The minimum Gasteiger partial charge on any atom is -0.548 e. The normalized spacial score (nSPS) is 12.4. The van der Waals surface area contributed by atoms with Crippen LogP contribution >= 0.6 is 0 Å². The minimum absolute atomic E-state index is 0.00809. The number of carbonyl (C=O) groups is 3. The zero-order valence-electron chi connectivity index (χ0n) is 15.7. The Balaban J connectivity index is 2.31. The first-order valence-corrected chi connectivity index (χ1v) is 8.54. The summed E-state index contributed by atoms with van der Waals surface area (Å²) in [5.41, 5.74) is 0.457. The number of rotatable bonds is 8. The molecule has 1 heterocycles. The van der Waals surface area contributed by atoms with Crippen LogP contribution in [-0.4, -0.2) is 30.9 Å². The van der Waals surface area contributed by atoms with E-state index >= 15 is 0 Å². The standard InChI is InChI=1S/C20H22N2O6/c1-12(2)17(20(25)26)22-18(23)15(21-19(24)16-5-4-10-28-16)11-13-6-8-14(27-3)9-7-13/h4-12,17H,1-3H3,(H,21,24)(H,22,23)(H,25,26)/p-1/b15-11-/t17-/m0/s1. The van der Waals surface area contributed by atoms with Gasteiger partial charge >= 0.3 is 0 Å². The Morgan fingerprint density at radius 1 is 1.14 bits per heavy atom. The molecule has 148 valence electrons. The van der Waals surface area contributed by atoms with E-state index in [1.54, 1.807) is 38.1 Å². The number of ether oxygens (including phenoxy) is 1. The molecule has 2 rings (SSSR count). The maximum absolute atomic E-state index is 12.7. The number of methoxy groups -OCH3 is 1. The predicted molar refractivity (Wildman–Crippen MR) is 98.9 cm³/mol. The molecule has 2 aromatic rings. The number of benzene rings is 1. The zero-order chi connectivity index (χ0) is 20.7. The zero-order valence-corrected chi connectivity index (χ0v) is 15.7. The Morgan fingerprint density at radius 3 is 2.32 bits per heavy atom. The molecule has 0 aliphatic carbocycles. The van der Waals surface area contributed by atoms with Crippen molar-refractivity contribution in [1.82, 2.24) is 10.6 Å². The van der Waals surface area contributed by atoms with Crippen LogP contribution in [0.1, 0.15) is 30.0 Å². The highest BCUT2D eigenvalue weighted by Crippen LogP contribution is 2.14. The van der Waals surface area contributed by atoms with Crippen LogP contribution in [-0.2, 0) is 9.59 Å². The maximum atomic E-state index is 12.7. The van der Waals surface area contributed by atoms with E-state index in [1.165, 1.54) is 31.6 Å². The summed E-state index contributed by atoms with van der Waals surface area (Å²) in [5, 5.41) is 16.1. The average Bonchev–Trinajstić information content (AvgIpc) is 3.20. The van der Waals surface area contributed by atoms with Crippen molar-refractivity contribution in [3.05, 3.63) is 59.7 Å². The first-order valence-electron chi connectivity index (χ1n) is 8.54. The van der Waals surface area contributed by atoms with E-state index < -0.39 is 29.7 Å². The van der Waals surface area contributed by atoms with Crippen molar-refractivity contribution < 1.29 is 28.6 Å². The molecular weight excluding hydrogens is 364 g/mol. The van der Waals surface area contributed by atoms with Gasteiger partial charge in [-0.2, -0.15) is 0 Å². The number of hydrogen-bond donors (Lipinski definition) is 2. The summed E-state index contributed by atoms with van der Waals surface area (Å²) >= 11 is 0. The summed E-state index contributed by atoms with van der Waals surface area (Å²) in [6.07, 6.45) is 2.75. The summed E-state index contributed by atoms with van der Waals surface area (Å²) in [5.74, 6) is -2.59. The molecule has 8 heteroatoms. The van der Waals surface area contributed by atoms with Crippen molar-refractivity contribution in [2.45, 2.75) is 19.9 Å². The summed E-state index contributed by atoms with van der Waals surface area (Å²) < 4.78 is 10.1. The lowest BCUT2D eigenvalue weighted by Crippen LogP contribution is -2.52. The molecule has 0 spiro atoms. The van der Waals surface area contributed by atoms with E-state index in [1.807, 2.05) is 0 Å². The summed E-state index contributed by atoms with van der Waals surface area (Å²) in [4.78, 5) is 36.2. The van der Waals surface area contributed by atoms with Crippen LogP contribution in [0, 0.1) is 5.92 Å². The van der Waals surface area contributed by atoms with Crippen LogP contribution in [0.25, 0.3) is 6.08 Å². The van der Waals surface area contributed by atoms with E-state index in [0.717, 1.165) is 0 Å². The Bertz CT molecular complexity index is 853. The van der Waals surface area contributed by atoms with Crippen LogP contribution in [0.15, 0.2) is 52.8 Å². The fourth-order valence-electron chi connectivity index (χ4n) is 2.33. The molecule has 1 aromatic carbocycles. The molecule has 0 saturated carbocycles. The molecule has 1 aromatic heterocycles. The summed E-state index contributed by atoms with van der Waals surface area (Å²) in [6, 6.07) is 8.51. The second-order valence-corrected chi connectivity index (χ2v) is 6.28. The molecule has 0 radical (unpaired) electrons. The fourth-order valence-corrected chi connectivity index (χ4v) is 2.33. The molecule has 2 amide bonds. The lowest BCUT2D eigenvalue weighted by molar-refractivity contribution is -0.309. The number of carbonyl (C=O) groups excluding carboxylic acids is 3. The minimum atomic E-state index is -1.41. The van der Waals surface area contributed by atoms with E-state index in [0.29, 0.717) is 11.3 Å². The SMILES string of the molecule is COc1ccc(/C=C(\NC(=O)c2ccco2)C(=O)N[C@H](C(=O)[O-])C(C)C)cc1. The van der Waals surface area contributed by atoms with Crippen LogP contribution in [0.5, 0.6) is 5.75 Å². The average molecular weight is 385 g/mol. The van der Waals surface area contributed by atoms with E-state index in [4.69, 9.17) is 9.15 Å². The molecule has 8 nitrogen and oxygen atoms in total. The van der Waals surface area contributed by atoms with E-state index in [9.17, 15) is 19.5 Å². The molecule has 0 aliphatic rings. The van der Waals surface area contributed by atoms with Crippen molar-refractivity contribution in [2.24, 2.45) is 5.92 Å². The van der Waals surface area contributed by atoms with Crippen LogP contribution in [0.4, 0.5) is 0 Å². The first-order chi connectivity index (χ1) is 13.3. The van der Waals surface area contributed by atoms with Gasteiger partial charge in [0.25, 0.3) is 11.8 Å². The van der Waals surface area contributed by atoms with Gasteiger partial charge in [-0.3, -0.25) is 9.59 Å². The molecule has 0 saturated heterocycles. The number of furan rings is 1.